The molecule has 0 N–H and O–H groups in total. The number of hydrogen-bond donors (Lipinski definition) is 0. The highest BCUT2D eigenvalue weighted by molar-refractivity contribution is 7.89. The molecule has 0 aliphatic carbocycles. The van der Waals surface area contributed by atoms with Crippen LogP contribution < -0.4 is 4.74 Å². The SMILES string of the molecule is COc1cccc(CCC(=O)N2CCN(S(=O)(=O)c3ccc(C(F)(F)F)cc3)CC2)c1. The number of sulfonamides is 1. The van der Waals surface area contributed by atoms with Gasteiger partial charge in [0.2, 0.25) is 15.9 Å². The lowest BCUT2D eigenvalue weighted by atomic mass is 10.1. The first-order chi connectivity index (χ1) is 14.6. The Morgan fingerprint density at radius 2 is 1.68 bits per heavy atom. The Morgan fingerprint density at radius 1 is 1.03 bits per heavy atom. The van der Waals surface area contributed by atoms with Gasteiger partial charge in [-0.15, -0.1) is 0 Å². The van der Waals surface area contributed by atoms with Crippen LogP contribution in [0.25, 0.3) is 0 Å². The van der Waals surface area contributed by atoms with Gasteiger partial charge in [-0.2, -0.15) is 17.5 Å². The largest absolute Gasteiger partial charge is 0.497 e. The summed E-state index contributed by atoms with van der Waals surface area (Å²) in [7, 11) is -2.35. The third-order valence-electron chi connectivity index (χ3n) is 5.17. The second-order valence-corrected chi connectivity index (χ2v) is 9.10. The molecule has 0 spiro atoms. The van der Waals surface area contributed by atoms with Crippen molar-refractivity contribution in [1.82, 2.24) is 9.21 Å². The molecular formula is C21H23F3N2O4S. The number of hydrogen-bond acceptors (Lipinski definition) is 4. The number of amides is 1. The fourth-order valence-electron chi connectivity index (χ4n) is 3.38. The van der Waals surface area contributed by atoms with E-state index in [0.29, 0.717) is 18.6 Å². The van der Waals surface area contributed by atoms with E-state index in [2.05, 4.69) is 0 Å². The molecule has 168 valence electrons. The van der Waals surface area contributed by atoms with E-state index in [1.807, 2.05) is 24.3 Å². The first-order valence-corrected chi connectivity index (χ1v) is 11.1. The molecule has 1 aliphatic rings. The van der Waals surface area contributed by atoms with Gasteiger partial charge in [-0.1, -0.05) is 12.1 Å². The molecule has 1 fully saturated rings. The van der Waals surface area contributed by atoms with Crippen molar-refractivity contribution < 1.29 is 31.1 Å². The normalized spacial score (nSPS) is 15.7. The minimum absolute atomic E-state index is 0.0746. The summed E-state index contributed by atoms with van der Waals surface area (Å²) in [6.07, 6.45) is -3.70. The number of rotatable bonds is 6. The van der Waals surface area contributed by atoms with Crippen molar-refractivity contribution in [3.63, 3.8) is 0 Å². The van der Waals surface area contributed by atoms with Crippen LogP contribution in [0.2, 0.25) is 0 Å². The van der Waals surface area contributed by atoms with Crippen molar-refractivity contribution in [2.45, 2.75) is 23.9 Å². The fraction of sp³-hybridized carbons (Fsp3) is 0.381. The van der Waals surface area contributed by atoms with Gasteiger partial charge in [0.25, 0.3) is 0 Å². The van der Waals surface area contributed by atoms with Crippen molar-refractivity contribution in [3.05, 3.63) is 59.7 Å². The van der Waals surface area contributed by atoms with E-state index in [4.69, 9.17) is 4.74 Å². The van der Waals surface area contributed by atoms with E-state index in [1.165, 1.54) is 4.31 Å². The number of piperazine rings is 1. The zero-order valence-corrected chi connectivity index (χ0v) is 17.7. The Kier molecular flexibility index (Phi) is 6.90. The standard InChI is InChI=1S/C21H23F3N2O4S/c1-30-18-4-2-3-16(15-18)5-10-20(27)25-11-13-26(14-12-25)31(28,29)19-8-6-17(7-9-19)21(22,23)24/h2-4,6-9,15H,5,10-14H2,1H3. The number of nitrogens with zero attached hydrogens (tertiary/aromatic N) is 2. The summed E-state index contributed by atoms with van der Waals surface area (Å²) in [5.74, 6) is 0.640. The second-order valence-electron chi connectivity index (χ2n) is 7.16. The lowest BCUT2D eigenvalue weighted by Crippen LogP contribution is -2.50. The molecule has 31 heavy (non-hydrogen) atoms. The summed E-state index contributed by atoms with van der Waals surface area (Å²) >= 11 is 0. The molecule has 0 radical (unpaired) electrons. The molecular weight excluding hydrogens is 433 g/mol. The monoisotopic (exact) mass is 456 g/mol. The van der Waals surface area contributed by atoms with Gasteiger partial charge in [-0.05, 0) is 48.4 Å². The van der Waals surface area contributed by atoms with Gasteiger partial charge < -0.3 is 9.64 Å². The van der Waals surface area contributed by atoms with Gasteiger partial charge in [-0.25, -0.2) is 8.42 Å². The van der Waals surface area contributed by atoms with Crippen LogP contribution in [-0.4, -0.2) is 56.8 Å². The maximum absolute atomic E-state index is 12.7. The van der Waals surface area contributed by atoms with Crippen LogP contribution in [0.1, 0.15) is 17.5 Å². The Labute approximate surface area is 179 Å². The first kappa shape index (κ1) is 23.1. The van der Waals surface area contributed by atoms with Crippen LogP contribution in [0.3, 0.4) is 0 Å². The Morgan fingerprint density at radius 3 is 2.26 bits per heavy atom. The summed E-state index contributed by atoms with van der Waals surface area (Å²) in [5.41, 5.74) is 0.0640. The van der Waals surface area contributed by atoms with Gasteiger partial charge in [0, 0.05) is 32.6 Å². The topological polar surface area (TPSA) is 66.9 Å². The summed E-state index contributed by atoms with van der Waals surface area (Å²) in [6.45, 7) is 0.649. The quantitative estimate of drug-likeness (QED) is 0.670. The number of halogens is 3. The molecule has 0 bridgehead atoms. The minimum atomic E-state index is -4.53. The number of alkyl halides is 3. The smallest absolute Gasteiger partial charge is 0.416 e. The number of aryl methyl sites for hydroxylation is 1. The van der Waals surface area contributed by atoms with E-state index < -0.39 is 21.8 Å². The average molecular weight is 456 g/mol. The molecule has 1 heterocycles. The Balaban J connectivity index is 1.56. The number of carbonyl (C=O) groups is 1. The molecule has 2 aromatic rings. The lowest BCUT2D eigenvalue weighted by Gasteiger charge is -2.34. The molecule has 10 heteroatoms. The fourth-order valence-corrected chi connectivity index (χ4v) is 4.80. The first-order valence-electron chi connectivity index (χ1n) is 9.69. The summed E-state index contributed by atoms with van der Waals surface area (Å²) < 4.78 is 69.9. The predicted molar refractivity (Wildman–Crippen MR) is 108 cm³/mol. The maximum atomic E-state index is 12.7. The van der Waals surface area contributed by atoms with E-state index >= 15 is 0 Å². The van der Waals surface area contributed by atoms with Crippen molar-refractivity contribution >= 4 is 15.9 Å². The molecule has 0 unspecified atom stereocenters. The van der Waals surface area contributed by atoms with E-state index in [-0.39, 0.29) is 37.0 Å². The van der Waals surface area contributed by atoms with Crippen molar-refractivity contribution in [2.24, 2.45) is 0 Å². The van der Waals surface area contributed by atoms with Crippen LogP contribution in [-0.2, 0) is 27.4 Å². The van der Waals surface area contributed by atoms with E-state index in [9.17, 15) is 26.4 Å². The summed E-state index contributed by atoms with van der Waals surface area (Å²) in [4.78, 5) is 13.9. The number of ether oxygens (including phenoxy) is 1. The van der Waals surface area contributed by atoms with Crippen LogP contribution >= 0.6 is 0 Å². The van der Waals surface area contributed by atoms with Crippen LogP contribution in [0.4, 0.5) is 13.2 Å². The highest BCUT2D eigenvalue weighted by Crippen LogP contribution is 2.30. The van der Waals surface area contributed by atoms with Crippen molar-refractivity contribution in [1.29, 1.82) is 0 Å². The Bertz CT molecular complexity index is 1020. The molecule has 0 atom stereocenters. The minimum Gasteiger partial charge on any atom is -0.497 e. The van der Waals surface area contributed by atoms with Crippen molar-refractivity contribution in [3.8, 4) is 5.75 Å². The molecule has 1 aliphatic heterocycles. The second kappa shape index (κ2) is 9.27. The van der Waals surface area contributed by atoms with Gasteiger partial charge >= 0.3 is 6.18 Å². The van der Waals surface area contributed by atoms with E-state index in [0.717, 1.165) is 29.8 Å². The van der Waals surface area contributed by atoms with Crippen LogP contribution in [0.5, 0.6) is 5.75 Å². The molecule has 0 saturated carbocycles. The third kappa shape index (κ3) is 5.56. The summed E-state index contributed by atoms with van der Waals surface area (Å²) in [5, 5.41) is 0. The van der Waals surface area contributed by atoms with Gasteiger partial charge in [0.1, 0.15) is 5.75 Å². The molecule has 1 saturated heterocycles. The molecule has 3 rings (SSSR count). The molecule has 6 nitrogen and oxygen atoms in total. The zero-order valence-electron chi connectivity index (χ0n) is 16.9. The zero-order chi connectivity index (χ0) is 22.6. The number of carbonyl (C=O) groups excluding carboxylic acids is 1. The van der Waals surface area contributed by atoms with Gasteiger partial charge in [-0.3, -0.25) is 4.79 Å². The third-order valence-corrected chi connectivity index (χ3v) is 7.09. The number of methoxy groups -OCH3 is 1. The van der Waals surface area contributed by atoms with Crippen LogP contribution in [0.15, 0.2) is 53.4 Å². The predicted octanol–water partition coefficient (Wildman–Crippen LogP) is 3.18. The van der Waals surface area contributed by atoms with Crippen molar-refractivity contribution in [2.75, 3.05) is 33.3 Å². The maximum Gasteiger partial charge on any atom is 0.416 e. The molecule has 2 aromatic carbocycles. The Hall–Kier alpha value is -2.59. The summed E-state index contributed by atoms with van der Waals surface area (Å²) in [6, 6.07) is 10.9. The van der Waals surface area contributed by atoms with Gasteiger partial charge in [0.15, 0.2) is 0 Å². The van der Waals surface area contributed by atoms with Gasteiger partial charge in [0.05, 0.1) is 17.6 Å². The lowest BCUT2D eigenvalue weighted by molar-refractivity contribution is -0.137. The highest BCUT2D eigenvalue weighted by Gasteiger charge is 2.33. The van der Waals surface area contributed by atoms with E-state index in [1.54, 1.807) is 12.0 Å². The number of benzene rings is 2. The molecule has 0 aromatic heterocycles. The molecule has 1 amide bonds. The average Bonchev–Trinajstić information content (AvgIpc) is 2.77. The van der Waals surface area contributed by atoms with Crippen LogP contribution in [0, 0.1) is 0 Å². The highest BCUT2D eigenvalue weighted by atomic mass is 32.2.